The van der Waals surface area contributed by atoms with Gasteiger partial charge in [0.15, 0.2) is 0 Å². The highest BCUT2D eigenvalue weighted by molar-refractivity contribution is 6.23. The van der Waals surface area contributed by atoms with Crippen molar-refractivity contribution in [2.24, 2.45) is 5.92 Å². The summed E-state index contributed by atoms with van der Waals surface area (Å²) in [5.74, 6) is -2.50. The van der Waals surface area contributed by atoms with Crippen molar-refractivity contribution in [3.05, 3.63) is 75.7 Å². The molecule has 0 bridgehead atoms. The molecule has 3 atom stereocenters. The van der Waals surface area contributed by atoms with Crippen LogP contribution in [0.1, 0.15) is 66.1 Å². The number of hydrogen-bond acceptors (Lipinski definition) is 7. The van der Waals surface area contributed by atoms with Gasteiger partial charge in [0.1, 0.15) is 6.04 Å². The SMILES string of the molecule is CC(C)C[C@@H](NC(CCN1C(=O)c2cc3ccccc3cc2C1=O)C(=O)O)C(=O)N[C@@H](C)c1ccc(=O)[nH]n1. The summed E-state index contributed by atoms with van der Waals surface area (Å²) in [7, 11) is 0. The number of carbonyl (C=O) groups excluding carboxylic acids is 3. The summed E-state index contributed by atoms with van der Waals surface area (Å²) < 4.78 is 0. The van der Waals surface area contributed by atoms with E-state index in [1.807, 2.05) is 38.1 Å². The fourth-order valence-corrected chi connectivity index (χ4v) is 4.67. The van der Waals surface area contributed by atoms with E-state index in [-0.39, 0.29) is 24.4 Å². The number of amides is 3. The van der Waals surface area contributed by atoms with Crippen LogP contribution in [0.5, 0.6) is 0 Å². The first-order chi connectivity index (χ1) is 18.5. The number of nitrogens with zero attached hydrogens (tertiary/aromatic N) is 2. The van der Waals surface area contributed by atoms with E-state index < -0.39 is 41.8 Å². The third-order valence-corrected chi connectivity index (χ3v) is 6.71. The molecule has 39 heavy (non-hydrogen) atoms. The number of aromatic nitrogens is 2. The lowest BCUT2D eigenvalue weighted by Crippen LogP contribution is -2.52. The number of hydrogen-bond donors (Lipinski definition) is 4. The van der Waals surface area contributed by atoms with Crippen LogP contribution in [0.15, 0.2) is 53.3 Å². The van der Waals surface area contributed by atoms with Gasteiger partial charge in [0.2, 0.25) is 5.91 Å². The maximum absolute atomic E-state index is 13.1. The lowest BCUT2D eigenvalue weighted by molar-refractivity contribution is -0.140. The average Bonchev–Trinajstić information content (AvgIpc) is 3.12. The number of fused-ring (bicyclic) bond motifs is 2. The van der Waals surface area contributed by atoms with Gasteiger partial charge in [-0.1, -0.05) is 38.1 Å². The second kappa shape index (κ2) is 11.6. The minimum Gasteiger partial charge on any atom is -0.480 e. The first kappa shape index (κ1) is 27.6. The quantitative estimate of drug-likeness (QED) is 0.273. The second-order valence-corrected chi connectivity index (χ2v) is 10.1. The number of imide groups is 1. The maximum atomic E-state index is 13.1. The molecule has 4 N–H and O–H groups in total. The second-order valence-electron chi connectivity index (χ2n) is 10.1. The molecular formula is C28H31N5O6. The van der Waals surface area contributed by atoms with Crippen molar-refractivity contribution in [1.29, 1.82) is 0 Å². The third kappa shape index (κ3) is 6.20. The maximum Gasteiger partial charge on any atom is 0.320 e. The zero-order chi connectivity index (χ0) is 28.3. The average molecular weight is 534 g/mol. The number of nitrogens with one attached hydrogen (secondary N) is 3. The molecule has 3 amide bonds. The van der Waals surface area contributed by atoms with Crippen LogP contribution in [0, 0.1) is 5.92 Å². The molecule has 2 heterocycles. The Morgan fingerprint density at radius 1 is 0.949 bits per heavy atom. The minimum atomic E-state index is -1.20. The van der Waals surface area contributed by atoms with Crippen LogP contribution in [0.25, 0.3) is 10.8 Å². The largest absolute Gasteiger partial charge is 0.480 e. The Kier molecular flexibility index (Phi) is 8.20. The van der Waals surface area contributed by atoms with Crippen LogP contribution in [0.4, 0.5) is 0 Å². The van der Waals surface area contributed by atoms with Gasteiger partial charge in [-0.05, 0) is 54.7 Å². The molecule has 0 radical (unpaired) electrons. The van der Waals surface area contributed by atoms with Gasteiger partial charge in [-0.2, -0.15) is 5.10 Å². The fourth-order valence-electron chi connectivity index (χ4n) is 4.67. The van der Waals surface area contributed by atoms with Crippen LogP contribution in [-0.4, -0.2) is 62.5 Å². The predicted octanol–water partition coefficient (Wildman–Crippen LogP) is 2.24. The Labute approximate surface area is 224 Å². The Morgan fingerprint density at radius 2 is 1.56 bits per heavy atom. The lowest BCUT2D eigenvalue weighted by Gasteiger charge is -2.26. The standard InChI is InChI=1S/C28H31N5O6/c1-15(2)12-23(25(35)29-16(3)21-8-9-24(34)32-31-21)30-22(28(38)39)10-11-33-26(36)19-13-17-6-4-5-7-18(17)14-20(19)27(33)37/h4-9,13-16,22-23,30H,10-12H2,1-3H3,(H,29,35)(H,32,34)(H,38,39)/t16-,22?,23+/m0/s1. The summed E-state index contributed by atoms with van der Waals surface area (Å²) in [5.41, 5.74) is 0.660. The normalized spacial score (nSPS) is 15.3. The van der Waals surface area contributed by atoms with Crippen molar-refractivity contribution in [2.75, 3.05) is 6.54 Å². The summed E-state index contributed by atoms with van der Waals surface area (Å²) in [6.07, 6.45) is 0.264. The van der Waals surface area contributed by atoms with E-state index >= 15 is 0 Å². The van der Waals surface area contributed by atoms with E-state index in [4.69, 9.17) is 0 Å². The van der Waals surface area contributed by atoms with Crippen LogP contribution in [-0.2, 0) is 9.59 Å². The van der Waals surface area contributed by atoms with Crippen molar-refractivity contribution in [3.63, 3.8) is 0 Å². The van der Waals surface area contributed by atoms with E-state index in [0.717, 1.165) is 15.7 Å². The first-order valence-corrected chi connectivity index (χ1v) is 12.8. The van der Waals surface area contributed by atoms with Gasteiger partial charge in [-0.25, -0.2) is 5.10 Å². The monoisotopic (exact) mass is 533 g/mol. The molecule has 2 aromatic carbocycles. The number of benzene rings is 2. The molecule has 1 aliphatic heterocycles. The molecule has 0 saturated carbocycles. The fraction of sp³-hybridized carbons (Fsp3) is 0.357. The van der Waals surface area contributed by atoms with Gasteiger partial charge in [0, 0.05) is 12.6 Å². The third-order valence-electron chi connectivity index (χ3n) is 6.71. The molecule has 0 saturated heterocycles. The molecule has 4 rings (SSSR count). The van der Waals surface area contributed by atoms with Crippen LogP contribution in [0.3, 0.4) is 0 Å². The van der Waals surface area contributed by atoms with Gasteiger partial charge < -0.3 is 10.4 Å². The molecule has 3 aromatic rings. The number of carbonyl (C=O) groups is 4. The van der Waals surface area contributed by atoms with E-state index in [9.17, 15) is 29.1 Å². The van der Waals surface area contributed by atoms with Crippen molar-refractivity contribution in [2.45, 2.75) is 51.7 Å². The number of carboxylic acid groups (broad SMARTS) is 1. The first-order valence-electron chi connectivity index (χ1n) is 12.8. The number of carboxylic acids is 1. The van der Waals surface area contributed by atoms with E-state index in [0.29, 0.717) is 23.2 Å². The lowest BCUT2D eigenvalue weighted by atomic mass is 10.0. The topological polar surface area (TPSA) is 162 Å². The van der Waals surface area contributed by atoms with Crippen LogP contribution < -0.4 is 16.2 Å². The molecule has 11 heteroatoms. The highest BCUT2D eigenvalue weighted by atomic mass is 16.4. The highest BCUT2D eigenvalue weighted by Crippen LogP contribution is 2.28. The van der Waals surface area contributed by atoms with Gasteiger partial charge in [-0.3, -0.25) is 34.2 Å². The number of aliphatic carboxylic acids is 1. The summed E-state index contributed by atoms with van der Waals surface area (Å²) >= 11 is 0. The summed E-state index contributed by atoms with van der Waals surface area (Å²) in [5, 5.41) is 23.5. The number of rotatable bonds is 11. The van der Waals surface area contributed by atoms with Crippen LogP contribution >= 0.6 is 0 Å². The Balaban J connectivity index is 1.45. The molecule has 204 valence electrons. The van der Waals surface area contributed by atoms with Gasteiger partial charge >= 0.3 is 5.97 Å². The molecule has 0 spiro atoms. The van der Waals surface area contributed by atoms with E-state index in [1.165, 1.54) is 12.1 Å². The molecule has 1 aromatic heterocycles. The number of aromatic amines is 1. The van der Waals surface area contributed by atoms with Crippen molar-refractivity contribution < 1.29 is 24.3 Å². The molecule has 0 fully saturated rings. The zero-order valence-corrected chi connectivity index (χ0v) is 21.9. The van der Waals surface area contributed by atoms with Crippen LogP contribution in [0.2, 0.25) is 0 Å². The van der Waals surface area contributed by atoms with Gasteiger partial charge in [0.25, 0.3) is 17.4 Å². The van der Waals surface area contributed by atoms with E-state index in [1.54, 1.807) is 19.1 Å². The zero-order valence-electron chi connectivity index (χ0n) is 21.9. The Hall–Kier alpha value is -4.38. The predicted molar refractivity (Wildman–Crippen MR) is 143 cm³/mol. The Morgan fingerprint density at radius 3 is 2.08 bits per heavy atom. The minimum absolute atomic E-state index is 0.0644. The molecular weight excluding hydrogens is 502 g/mol. The molecule has 1 unspecified atom stereocenters. The van der Waals surface area contributed by atoms with Crippen molar-refractivity contribution in [1.82, 2.24) is 25.7 Å². The number of H-pyrrole nitrogens is 1. The van der Waals surface area contributed by atoms with Crippen molar-refractivity contribution in [3.8, 4) is 0 Å². The molecule has 1 aliphatic rings. The van der Waals surface area contributed by atoms with Gasteiger partial charge in [-0.15, -0.1) is 0 Å². The highest BCUT2D eigenvalue weighted by Gasteiger charge is 2.37. The van der Waals surface area contributed by atoms with Gasteiger partial charge in [0.05, 0.1) is 28.9 Å². The summed E-state index contributed by atoms with van der Waals surface area (Å²) in [6, 6.07) is 11.0. The molecule has 11 nitrogen and oxygen atoms in total. The Bertz CT molecular complexity index is 1410. The summed E-state index contributed by atoms with van der Waals surface area (Å²) in [6.45, 7) is 5.40. The molecule has 0 aliphatic carbocycles. The smallest absolute Gasteiger partial charge is 0.320 e. The summed E-state index contributed by atoms with van der Waals surface area (Å²) in [4.78, 5) is 63.7. The van der Waals surface area contributed by atoms with Crippen molar-refractivity contribution >= 4 is 34.5 Å². The van der Waals surface area contributed by atoms with E-state index in [2.05, 4.69) is 20.8 Å².